The highest BCUT2D eigenvalue weighted by molar-refractivity contribution is 7.88. The lowest BCUT2D eigenvalue weighted by molar-refractivity contribution is 0.0728. The fourth-order valence-electron chi connectivity index (χ4n) is 4.31. The summed E-state index contributed by atoms with van der Waals surface area (Å²) in [7, 11) is -3.76. The highest BCUT2D eigenvalue weighted by Gasteiger charge is 2.28. The van der Waals surface area contributed by atoms with E-state index < -0.39 is 10.0 Å². The number of hydrogen-bond acceptors (Lipinski definition) is 8. The number of pyridine rings is 1. The van der Waals surface area contributed by atoms with E-state index in [9.17, 15) is 13.2 Å². The molecule has 2 aliphatic heterocycles. The third-order valence-electron chi connectivity index (χ3n) is 6.08. The number of ether oxygens (including phenoxy) is 1. The number of aromatic nitrogens is 4. The molecule has 0 radical (unpaired) electrons. The summed E-state index contributed by atoms with van der Waals surface area (Å²) in [5.74, 6) is -0.0511. The molecule has 180 valence electrons. The Morgan fingerprint density at radius 1 is 1.06 bits per heavy atom. The zero-order valence-corrected chi connectivity index (χ0v) is 19.3. The molecule has 0 aliphatic carbocycles. The second-order valence-corrected chi connectivity index (χ2v) is 10.0. The standard InChI is InChI=1S/C23H21N7O4S.H2/c31-22-18-2-1-15(11-16(18)12-25-22)20-4-3-19(21-24-5-6-30(20)21)28-17-13-26-23(27-14-17)35(32,33)29-7-9-34-10-8-29;/h1-6,11,13-14,28H,7-10,12H2,(H,25,31);1H. The van der Waals surface area contributed by atoms with Crippen molar-refractivity contribution in [3.8, 4) is 11.3 Å². The Balaban J connectivity index is 0.00000267. The quantitative estimate of drug-likeness (QED) is 0.404. The van der Waals surface area contributed by atoms with Gasteiger partial charge in [-0.1, -0.05) is 6.07 Å². The molecule has 1 aromatic carbocycles. The zero-order valence-electron chi connectivity index (χ0n) is 18.5. The smallest absolute Gasteiger partial charge is 0.278 e. The molecule has 1 amide bonds. The van der Waals surface area contributed by atoms with Crippen molar-refractivity contribution in [2.24, 2.45) is 0 Å². The summed E-state index contributed by atoms with van der Waals surface area (Å²) in [5, 5.41) is 5.82. The van der Waals surface area contributed by atoms with Crippen LogP contribution in [0.25, 0.3) is 16.9 Å². The van der Waals surface area contributed by atoms with E-state index in [1.54, 1.807) is 6.20 Å². The van der Waals surface area contributed by atoms with E-state index in [1.165, 1.54) is 16.7 Å². The number of benzene rings is 1. The Morgan fingerprint density at radius 2 is 1.86 bits per heavy atom. The van der Waals surface area contributed by atoms with Crippen molar-refractivity contribution in [1.82, 2.24) is 29.0 Å². The van der Waals surface area contributed by atoms with Crippen LogP contribution in [-0.2, 0) is 21.3 Å². The molecule has 1 saturated heterocycles. The Labute approximate surface area is 202 Å². The van der Waals surface area contributed by atoms with Crippen molar-refractivity contribution in [3.05, 3.63) is 66.2 Å². The molecule has 6 rings (SSSR count). The zero-order chi connectivity index (χ0) is 24.0. The van der Waals surface area contributed by atoms with Crippen molar-refractivity contribution in [1.29, 1.82) is 0 Å². The minimum Gasteiger partial charge on any atom is -0.379 e. The summed E-state index contributed by atoms with van der Waals surface area (Å²) in [6, 6.07) is 9.63. The van der Waals surface area contributed by atoms with Gasteiger partial charge in [0.05, 0.1) is 42.7 Å². The summed E-state index contributed by atoms with van der Waals surface area (Å²) in [4.78, 5) is 24.5. The maximum absolute atomic E-state index is 12.7. The van der Waals surface area contributed by atoms with Crippen LogP contribution in [0.15, 0.2) is 60.3 Å². The Morgan fingerprint density at radius 3 is 2.66 bits per heavy atom. The van der Waals surface area contributed by atoms with E-state index in [-0.39, 0.29) is 25.6 Å². The lowest BCUT2D eigenvalue weighted by Crippen LogP contribution is -2.41. The van der Waals surface area contributed by atoms with Crippen molar-refractivity contribution >= 4 is 33.0 Å². The monoisotopic (exact) mass is 493 g/mol. The number of sulfonamides is 1. The topological polar surface area (TPSA) is 131 Å². The van der Waals surface area contributed by atoms with Gasteiger partial charge >= 0.3 is 0 Å². The molecular formula is C23H23N7O4S. The maximum Gasteiger partial charge on any atom is 0.278 e. The fraction of sp³-hybridized carbons (Fsp3) is 0.217. The van der Waals surface area contributed by atoms with Gasteiger partial charge in [-0.25, -0.2) is 23.4 Å². The van der Waals surface area contributed by atoms with Crippen LogP contribution < -0.4 is 10.6 Å². The Bertz CT molecular complexity index is 1550. The fourth-order valence-corrected chi connectivity index (χ4v) is 5.54. The first kappa shape index (κ1) is 21.6. The molecule has 12 heteroatoms. The van der Waals surface area contributed by atoms with E-state index in [0.29, 0.717) is 42.3 Å². The summed E-state index contributed by atoms with van der Waals surface area (Å²) in [6.45, 7) is 1.80. The number of nitrogens with zero attached hydrogens (tertiary/aromatic N) is 5. The van der Waals surface area contributed by atoms with Gasteiger partial charge < -0.3 is 15.4 Å². The molecule has 4 aromatic rings. The number of carbonyl (C=O) groups is 1. The number of nitrogens with one attached hydrogen (secondary N) is 2. The highest BCUT2D eigenvalue weighted by atomic mass is 32.2. The minimum atomic E-state index is -3.76. The minimum absolute atomic E-state index is 0. The number of morpholine rings is 1. The van der Waals surface area contributed by atoms with Crippen LogP contribution in [-0.4, -0.2) is 64.3 Å². The molecule has 35 heavy (non-hydrogen) atoms. The van der Waals surface area contributed by atoms with Gasteiger partial charge in [-0.3, -0.25) is 9.20 Å². The van der Waals surface area contributed by atoms with E-state index in [1.807, 2.05) is 40.9 Å². The molecule has 0 atom stereocenters. The Hall–Kier alpha value is -3.87. The van der Waals surface area contributed by atoms with Gasteiger partial charge in [-0.15, -0.1) is 0 Å². The number of anilines is 2. The molecule has 0 saturated carbocycles. The SMILES string of the molecule is O=C1NCc2cc(-c3ccc(Nc4cnc(S(=O)(=O)N5CCOCC5)nc4)c4nccn34)ccc21.[HH]. The number of rotatable bonds is 5. The molecule has 3 aromatic heterocycles. The highest BCUT2D eigenvalue weighted by Crippen LogP contribution is 2.29. The second kappa shape index (κ2) is 8.41. The van der Waals surface area contributed by atoms with Crippen LogP contribution in [0.4, 0.5) is 11.4 Å². The van der Waals surface area contributed by atoms with E-state index in [0.717, 1.165) is 16.8 Å². The van der Waals surface area contributed by atoms with Crippen molar-refractivity contribution in [3.63, 3.8) is 0 Å². The summed E-state index contributed by atoms with van der Waals surface area (Å²) in [6.07, 6.45) is 6.45. The molecule has 0 spiro atoms. The van der Waals surface area contributed by atoms with Crippen LogP contribution in [0, 0.1) is 0 Å². The number of amides is 1. The Kier molecular flexibility index (Phi) is 5.20. The van der Waals surface area contributed by atoms with Gasteiger partial charge in [0.25, 0.3) is 21.1 Å². The summed E-state index contributed by atoms with van der Waals surface area (Å²) < 4.78 is 34.0. The molecule has 0 bridgehead atoms. The predicted octanol–water partition coefficient (Wildman–Crippen LogP) is 2.05. The van der Waals surface area contributed by atoms with Gasteiger partial charge in [-0.2, -0.15) is 4.31 Å². The van der Waals surface area contributed by atoms with Crippen LogP contribution in [0.3, 0.4) is 0 Å². The van der Waals surface area contributed by atoms with Crippen molar-refractivity contribution in [2.45, 2.75) is 11.7 Å². The van der Waals surface area contributed by atoms with Crippen molar-refractivity contribution < 1.29 is 19.4 Å². The maximum atomic E-state index is 12.7. The van der Waals surface area contributed by atoms with Gasteiger partial charge in [0.1, 0.15) is 0 Å². The first-order valence-electron chi connectivity index (χ1n) is 11.1. The lowest BCUT2D eigenvalue weighted by Gasteiger charge is -2.25. The second-order valence-electron chi connectivity index (χ2n) is 8.20. The van der Waals surface area contributed by atoms with Gasteiger partial charge in [0.15, 0.2) is 5.65 Å². The molecule has 0 unspecified atom stereocenters. The molecular weight excluding hydrogens is 470 g/mol. The van der Waals surface area contributed by atoms with Crippen LogP contribution in [0.5, 0.6) is 0 Å². The molecule has 1 fully saturated rings. The molecule has 2 aliphatic rings. The molecule has 2 N–H and O–H groups in total. The van der Waals surface area contributed by atoms with Crippen LogP contribution >= 0.6 is 0 Å². The lowest BCUT2D eigenvalue weighted by atomic mass is 10.0. The van der Waals surface area contributed by atoms with Gasteiger partial charge in [0.2, 0.25) is 0 Å². The van der Waals surface area contributed by atoms with E-state index in [2.05, 4.69) is 25.6 Å². The van der Waals surface area contributed by atoms with Gasteiger partial charge in [-0.05, 0) is 35.4 Å². The van der Waals surface area contributed by atoms with E-state index in [4.69, 9.17) is 4.74 Å². The molecule has 5 heterocycles. The molecule has 11 nitrogen and oxygen atoms in total. The average molecular weight is 494 g/mol. The van der Waals surface area contributed by atoms with Crippen LogP contribution in [0.2, 0.25) is 0 Å². The van der Waals surface area contributed by atoms with E-state index >= 15 is 0 Å². The number of hydrogen-bond donors (Lipinski definition) is 2. The summed E-state index contributed by atoms with van der Waals surface area (Å²) >= 11 is 0. The largest absolute Gasteiger partial charge is 0.379 e. The normalized spacial score (nSPS) is 16.3. The van der Waals surface area contributed by atoms with Crippen molar-refractivity contribution in [2.75, 3.05) is 31.6 Å². The average Bonchev–Trinajstić information content (AvgIpc) is 3.52. The first-order chi connectivity index (χ1) is 17.0. The van der Waals surface area contributed by atoms with Crippen LogP contribution in [0.1, 0.15) is 17.3 Å². The number of imidazole rings is 1. The third-order valence-corrected chi connectivity index (χ3v) is 7.80. The third kappa shape index (κ3) is 3.81. The first-order valence-corrected chi connectivity index (χ1v) is 12.5. The number of carbonyl (C=O) groups excluding carboxylic acids is 1. The summed E-state index contributed by atoms with van der Waals surface area (Å²) in [5.41, 5.74) is 5.49. The van der Waals surface area contributed by atoms with Gasteiger partial charge in [0, 0.05) is 39.0 Å². The number of fused-ring (bicyclic) bond motifs is 2. The predicted molar refractivity (Wildman–Crippen MR) is 129 cm³/mol.